The predicted molar refractivity (Wildman–Crippen MR) is 64.7 cm³/mol. The van der Waals surface area contributed by atoms with Gasteiger partial charge in [-0.2, -0.15) is 0 Å². The fraction of sp³-hybridized carbons (Fsp3) is 0.385. The highest BCUT2D eigenvalue weighted by Crippen LogP contribution is 2.11. The highest BCUT2D eigenvalue weighted by atomic mass is 35.5. The fourth-order valence-electron chi connectivity index (χ4n) is 1.09. The molecule has 1 nitrogen and oxygen atoms in total. The van der Waals surface area contributed by atoms with Crippen molar-refractivity contribution in [1.82, 2.24) is 0 Å². The molecule has 3 heteroatoms. The largest absolute Gasteiger partial charge is 0.493 e. The van der Waals surface area contributed by atoms with E-state index in [0.29, 0.717) is 25.3 Å². The molecule has 0 N–H and O–H groups in total. The summed E-state index contributed by atoms with van der Waals surface area (Å²) in [4.78, 5) is 0. The van der Waals surface area contributed by atoms with Gasteiger partial charge in [-0.1, -0.05) is 11.8 Å². The molecule has 0 heterocycles. The average Bonchev–Trinajstić information content (AvgIpc) is 2.32. The summed E-state index contributed by atoms with van der Waals surface area (Å²) in [6.07, 6.45) is 1.12. The van der Waals surface area contributed by atoms with E-state index < -0.39 is 0 Å². The lowest BCUT2D eigenvalue weighted by Gasteiger charge is -2.03. The van der Waals surface area contributed by atoms with Crippen LogP contribution in [-0.2, 0) is 0 Å². The minimum absolute atomic E-state index is 0.345. The molecule has 0 aliphatic heterocycles. The maximum atomic E-state index is 11.8. The fourth-order valence-corrected chi connectivity index (χ4v) is 1.19. The van der Waals surface area contributed by atoms with Gasteiger partial charge in [0.15, 0.2) is 0 Å². The molecule has 1 rings (SSSR count). The van der Waals surface area contributed by atoms with Gasteiger partial charge in [-0.05, 0) is 24.3 Å². The first-order chi connectivity index (χ1) is 7.86. The van der Waals surface area contributed by atoms with Crippen molar-refractivity contribution in [2.45, 2.75) is 12.8 Å². The summed E-state index contributed by atoms with van der Waals surface area (Å²) in [5.74, 6) is 7.24. The van der Waals surface area contributed by atoms with E-state index in [9.17, 15) is 4.39 Å². The van der Waals surface area contributed by atoms with E-state index >= 15 is 0 Å². The first-order valence-electron chi connectivity index (χ1n) is 5.20. The SMILES string of the molecule is FCCCOc1ccc(C#CCCCl)cc1. The Bertz CT molecular complexity index is 350. The van der Waals surface area contributed by atoms with Gasteiger partial charge in [0.1, 0.15) is 5.75 Å². The zero-order valence-electron chi connectivity index (χ0n) is 9.01. The van der Waals surface area contributed by atoms with Crippen LogP contribution in [0.25, 0.3) is 0 Å². The van der Waals surface area contributed by atoms with Crippen molar-refractivity contribution in [2.24, 2.45) is 0 Å². The van der Waals surface area contributed by atoms with E-state index in [1.807, 2.05) is 24.3 Å². The Hall–Kier alpha value is -1.20. The van der Waals surface area contributed by atoms with E-state index in [-0.39, 0.29) is 6.67 Å². The number of halogens is 2. The molecule has 0 fully saturated rings. The van der Waals surface area contributed by atoms with Gasteiger partial charge in [0.25, 0.3) is 0 Å². The van der Waals surface area contributed by atoms with Crippen LogP contribution < -0.4 is 4.74 Å². The lowest BCUT2D eigenvalue weighted by Crippen LogP contribution is -1.97. The molecule has 0 aromatic heterocycles. The summed E-state index contributed by atoms with van der Waals surface area (Å²) in [6, 6.07) is 7.43. The van der Waals surface area contributed by atoms with E-state index in [0.717, 1.165) is 11.3 Å². The van der Waals surface area contributed by atoms with Gasteiger partial charge in [-0.25, -0.2) is 0 Å². The van der Waals surface area contributed by atoms with E-state index in [4.69, 9.17) is 16.3 Å². The third-order valence-electron chi connectivity index (χ3n) is 1.85. The Kier molecular flexibility index (Phi) is 6.44. The molecule has 0 radical (unpaired) electrons. The molecule has 0 atom stereocenters. The summed E-state index contributed by atoms with van der Waals surface area (Å²) in [5.41, 5.74) is 0.933. The highest BCUT2D eigenvalue weighted by molar-refractivity contribution is 6.18. The highest BCUT2D eigenvalue weighted by Gasteiger charge is 1.93. The van der Waals surface area contributed by atoms with E-state index in [1.54, 1.807) is 0 Å². The second-order valence-corrected chi connectivity index (χ2v) is 3.53. The molecule has 16 heavy (non-hydrogen) atoms. The number of hydrogen-bond acceptors (Lipinski definition) is 1. The van der Waals surface area contributed by atoms with Crippen LogP contribution in [-0.4, -0.2) is 19.2 Å². The molecule has 0 saturated carbocycles. The number of alkyl halides is 2. The molecular formula is C13H14ClFO. The minimum atomic E-state index is -0.345. The number of hydrogen-bond donors (Lipinski definition) is 0. The van der Waals surface area contributed by atoms with Crippen molar-refractivity contribution in [3.63, 3.8) is 0 Å². The number of benzene rings is 1. The standard InChI is InChI=1S/C13H14ClFO/c14-9-2-1-4-12-5-7-13(8-6-12)16-11-3-10-15/h5-8H,2-3,9-11H2. The van der Waals surface area contributed by atoms with Crippen LogP contribution in [0.3, 0.4) is 0 Å². The second kappa shape index (κ2) is 8.01. The maximum Gasteiger partial charge on any atom is 0.119 e. The third kappa shape index (κ3) is 5.04. The van der Waals surface area contributed by atoms with Gasteiger partial charge in [-0.3, -0.25) is 4.39 Å². The topological polar surface area (TPSA) is 9.23 Å². The molecule has 86 valence electrons. The molecule has 0 aliphatic carbocycles. The third-order valence-corrected chi connectivity index (χ3v) is 2.04. The quantitative estimate of drug-likeness (QED) is 0.435. The molecule has 0 bridgehead atoms. The second-order valence-electron chi connectivity index (χ2n) is 3.16. The van der Waals surface area contributed by atoms with Crippen molar-refractivity contribution in [2.75, 3.05) is 19.2 Å². The molecule has 1 aromatic carbocycles. The zero-order chi connectivity index (χ0) is 11.6. The van der Waals surface area contributed by atoms with Gasteiger partial charge in [0.05, 0.1) is 13.3 Å². The molecule has 1 aromatic rings. The Morgan fingerprint density at radius 3 is 2.62 bits per heavy atom. The van der Waals surface area contributed by atoms with Crippen molar-refractivity contribution in [3.05, 3.63) is 29.8 Å². The summed E-state index contributed by atoms with van der Waals surface area (Å²) in [6.45, 7) is 0.0652. The molecule has 0 saturated heterocycles. The summed E-state index contributed by atoms with van der Waals surface area (Å²) >= 11 is 5.51. The van der Waals surface area contributed by atoms with Crippen LogP contribution in [0.4, 0.5) is 4.39 Å². The predicted octanol–water partition coefficient (Wildman–Crippen LogP) is 3.41. The minimum Gasteiger partial charge on any atom is -0.493 e. The molecule has 0 spiro atoms. The monoisotopic (exact) mass is 240 g/mol. The number of ether oxygens (including phenoxy) is 1. The smallest absolute Gasteiger partial charge is 0.119 e. The molecular weight excluding hydrogens is 227 g/mol. The Balaban J connectivity index is 2.45. The van der Waals surface area contributed by atoms with Gasteiger partial charge in [0, 0.05) is 24.3 Å². The Labute approximate surface area is 101 Å². The van der Waals surface area contributed by atoms with Gasteiger partial charge in [0.2, 0.25) is 0 Å². The number of rotatable bonds is 5. The summed E-state index contributed by atoms with van der Waals surface area (Å²) in [5, 5.41) is 0. The van der Waals surface area contributed by atoms with Crippen LogP contribution in [0, 0.1) is 11.8 Å². The molecule has 0 unspecified atom stereocenters. The Morgan fingerprint density at radius 1 is 1.25 bits per heavy atom. The van der Waals surface area contributed by atoms with Crippen molar-refractivity contribution < 1.29 is 9.13 Å². The lowest BCUT2D eigenvalue weighted by atomic mass is 10.2. The Morgan fingerprint density at radius 2 is 2.00 bits per heavy atom. The van der Waals surface area contributed by atoms with Gasteiger partial charge >= 0.3 is 0 Å². The van der Waals surface area contributed by atoms with Crippen LogP contribution in [0.1, 0.15) is 18.4 Å². The van der Waals surface area contributed by atoms with Crippen molar-refractivity contribution >= 4 is 11.6 Å². The van der Waals surface area contributed by atoms with Gasteiger partial charge in [-0.15, -0.1) is 11.6 Å². The molecule has 0 aliphatic rings. The van der Waals surface area contributed by atoms with Gasteiger partial charge < -0.3 is 4.74 Å². The normalized spacial score (nSPS) is 9.38. The first kappa shape index (κ1) is 12.9. The van der Waals surface area contributed by atoms with Crippen LogP contribution in [0.2, 0.25) is 0 Å². The van der Waals surface area contributed by atoms with Crippen molar-refractivity contribution in [1.29, 1.82) is 0 Å². The van der Waals surface area contributed by atoms with E-state index in [1.165, 1.54) is 0 Å². The summed E-state index contributed by atoms with van der Waals surface area (Å²) in [7, 11) is 0. The maximum absolute atomic E-state index is 11.8. The summed E-state index contributed by atoms with van der Waals surface area (Å²) < 4.78 is 17.1. The zero-order valence-corrected chi connectivity index (χ0v) is 9.77. The lowest BCUT2D eigenvalue weighted by molar-refractivity contribution is 0.289. The van der Waals surface area contributed by atoms with Crippen LogP contribution >= 0.6 is 11.6 Å². The molecule has 0 amide bonds. The van der Waals surface area contributed by atoms with E-state index in [2.05, 4.69) is 11.8 Å². The van der Waals surface area contributed by atoms with Crippen molar-refractivity contribution in [3.8, 4) is 17.6 Å². The first-order valence-corrected chi connectivity index (χ1v) is 5.74. The van der Waals surface area contributed by atoms with Crippen LogP contribution in [0.15, 0.2) is 24.3 Å². The van der Waals surface area contributed by atoms with Crippen LogP contribution in [0.5, 0.6) is 5.75 Å². The average molecular weight is 241 g/mol.